The summed E-state index contributed by atoms with van der Waals surface area (Å²) in [5.41, 5.74) is 2.46. The number of ether oxygens (including phenoxy) is 1. The number of nitrogens with zero attached hydrogens (tertiary/aromatic N) is 4. The van der Waals surface area contributed by atoms with E-state index < -0.39 is 30.1 Å². The lowest BCUT2D eigenvalue weighted by Crippen LogP contribution is -2.48. The monoisotopic (exact) mass is 566 g/mol. The zero-order valence-corrected chi connectivity index (χ0v) is 22.6. The number of methoxy groups -OCH3 is 1. The third-order valence-corrected chi connectivity index (χ3v) is 7.51. The van der Waals surface area contributed by atoms with Crippen molar-refractivity contribution in [3.63, 3.8) is 0 Å². The number of nitrogens with one attached hydrogen (secondary N) is 2. The van der Waals surface area contributed by atoms with Gasteiger partial charge in [-0.1, -0.05) is 17.4 Å². The second-order valence-electron chi connectivity index (χ2n) is 9.35. The van der Waals surface area contributed by atoms with E-state index in [4.69, 9.17) is 4.74 Å². The summed E-state index contributed by atoms with van der Waals surface area (Å²) in [5.74, 6) is -0.720. The maximum absolute atomic E-state index is 13.5. The zero-order valence-electron chi connectivity index (χ0n) is 21.8. The highest BCUT2D eigenvalue weighted by Gasteiger charge is 2.49. The number of thiazole rings is 1. The first kappa shape index (κ1) is 28.4. The van der Waals surface area contributed by atoms with Gasteiger partial charge in [0, 0.05) is 31.0 Å². The molecule has 4 rings (SSSR count). The van der Waals surface area contributed by atoms with Gasteiger partial charge in [0.1, 0.15) is 16.7 Å². The van der Waals surface area contributed by atoms with E-state index in [1.807, 2.05) is 6.92 Å². The summed E-state index contributed by atoms with van der Waals surface area (Å²) in [5, 5.41) is 20.5. The number of aromatic hydroxyl groups is 1. The largest absolute Gasteiger partial charge is 0.508 e. The Morgan fingerprint density at radius 3 is 2.69 bits per heavy atom. The van der Waals surface area contributed by atoms with Crippen LogP contribution < -0.4 is 10.6 Å². The number of amides is 2. The molecule has 0 spiro atoms. The SMILES string of the molecule is COC[C@@H](C(=O)N1CCC[C@@H]1C(F)(F)F)n1cc(C)c(Nc2ncc(C(=O)Nc3c(C)ccc(O)c3C)s2)n1. The molecule has 2 amide bonds. The number of benzene rings is 1. The van der Waals surface area contributed by atoms with Crippen molar-refractivity contribution < 1.29 is 32.6 Å². The molecule has 3 N–H and O–H groups in total. The van der Waals surface area contributed by atoms with E-state index in [0.717, 1.165) is 21.8 Å². The van der Waals surface area contributed by atoms with E-state index in [1.54, 1.807) is 32.2 Å². The first-order valence-corrected chi connectivity index (χ1v) is 13.0. The van der Waals surface area contributed by atoms with Crippen LogP contribution in [0.4, 0.5) is 29.8 Å². The molecule has 0 aliphatic carbocycles. The molecule has 1 aliphatic heterocycles. The number of carbonyl (C=O) groups excluding carboxylic acids is 2. The number of rotatable bonds is 8. The van der Waals surface area contributed by atoms with Crippen LogP contribution in [0.25, 0.3) is 0 Å². The molecule has 0 unspecified atom stereocenters. The smallest absolute Gasteiger partial charge is 0.408 e. The topological polar surface area (TPSA) is 122 Å². The molecular weight excluding hydrogens is 537 g/mol. The number of aromatic nitrogens is 3. The van der Waals surface area contributed by atoms with Crippen LogP contribution in [-0.4, -0.2) is 69.1 Å². The van der Waals surface area contributed by atoms with E-state index >= 15 is 0 Å². The maximum Gasteiger partial charge on any atom is 0.408 e. The minimum Gasteiger partial charge on any atom is -0.508 e. The third kappa shape index (κ3) is 6.01. The maximum atomic E-state index is 13.5. The molecule has 0 bridgehead atoms. The van der Waals surface area contributed by atoms with Crippen molar-refractivity contribution in [2.45, 2.75) is 51.9 Å². The van der Waals surface area contributed by atoms with Crippen LogP contribution in [0, 0.1) is 20.8 Å². The fraction of sp³-hybridized carbons (Fsp3) is 0.440. The predicted octanol–water partition coefficient (Wildman–Crippen LogP) is 4.71. The molecule has 3 heterocycles. The summed E-state index contributed by atoms with van der Waals surface area (Å²) in [6.45, 7) is 5.10. The molecule has 2 aromatic heterocycles. The predicted molar refractivity (Wildman–Crippen MR) is 140 cm³/mol. The van der Waals surface area contributed by atoms with Gasteiger partial charge in [0.2, 0.25) is 5.91 Å². The highest BCUT2D eigenvalue weighted by atomic mass is 32.1. The normalized spacial score (nSPS) is 16.4. The van der Waals surface area contributed by atoms with Crippen LogP contribution in [0.1, 0.15) is 45.2 Å². The number of hydrogen-bond acceptors (Lipinski definition) is 8. The van der Waals surface area contributed by atoms with Crippen LogP contribution >= 0.6 is 11.3 Å². The van der Waals surface area contributed by atoms with Crippen LogP contribution in [0.5, 0.6) is 5.75 Å². The number of aryl methyl sites for hydroxylation is 2. The number of hydrogen-bond donors (Lipinski definition) is 3. The Labute approximate surface area is 226 Å². The molecule has 210 valence electrons. The lowest BCUT2D eigenvalue weighted by molar-refractivity contribution is -0.184. The Morgan fingerprint density at radius 2 is 2.00 bits per heavy atom. The van der Waals surface area contributed by atoms with E-state index in [0.29, 0.717) is 32.6 Å². The summed E-state index contributed by atoms with van der Waals surface area (Å²) >= 11 is 1.07. The lowest BCUT2D eigenvalue weighted by atomic mass is 10.1. The molecular formula is C25H29F3N6O4S. The summed E-state index contributed by atoms with van der Waals surface area (Å²) in [4.78, 5) is 31.4. The summed E-state index contributed by atoms with van der Waals surface area (Å²) in [6, 6.07) is 0.344. The van der Waals surface area contributed by atoms with Crippen LogP contribution in [0.15, 0.2) is 24.5 Å². The second kappa shape index (κ2) is 11.2. The number of halogens is 3. The average molecular weight is 567 g/mol. The minimum atomic E-state index is -4.51. The Kier molecular flexibility index (Phi) is 8.16. The molecule has 1 aromatic carbocycles. The van der Waals surface area contributed by atoms with Crippen LogP contribution in [-0.2, 0) is 9.53 Å². The Balaban J connectivity index is 1.50. The second-order valence-corrected chi connectivity index (χ2v) is 10.4. The number of carbonyl (C=O) groups is 2. The number of alkyl halides is 3. The minimum absolute atomic E-state index is 0.0141. The van der Waals surface area contributed by atoms with Gasteiger partial charge in [-0.05, 0) is 45.2 Å². The molecule has 0 radical (unpaired) electrons. The molecule has 1 aliphatic rings. The number of phenolic OH excluding ortho intramolecular Hbond substituents is 1. The van der Waals surface area contributed by atoms with Crippen molar-refractivity contribution in [2.24, 2.45) is 0 Å². The van der Waals surface area contributed by atoms with Gasteiger partial charge in [0.05, 0.1) is 18.5 Å². The quantitative estimate of drug-likeness (QED) is 0.361. The van der Waals surface area contributed by atoms with Gasteiger partial charge in [-0.15, -0.1) is 0 Å². The lowest BCUT2D eigenvalue weighted by Gasteiger charge is -2.30. The summed E-state index contributed by atoms with van der Waals surface area (Å²) < 4.78 is 46.9. The molecule has 14 heteroatoms. The molecule has 1 fully saturated rings. The fourth-order valence-electron chi connectivity index (χ4n) is 4.49. The molecule has 0 saturated carbocycles. The van der Waals surface area contributed by atoms with Crippen molar-refractivity contribution in [1.82, 2.24) is 19.7 Å². The first-order chi connectivity index (χ1) is 18.4. The summed E-state index contributed by atoms with van der Waals surface area (Å²) in [7, 11) is 1.36. The van der Waals surface area contributed by atoms with Gasteiger partial charge in [-0.2, -0.15) is 18.3 Å². The molecule has 10 nitrogen and oxygen atoms in total. The van der Waals surface area contributed by atoms with Crippen LogP contribution in [0.2, 0.25) is 0 Å². The van der Waals surface area contributed by atoms with Gasteiger partial charge >= 0.3 is 6.18 Å². The molecule has 1 saturated heterocycles. The Hall–Kier alpha value is -3.65. The third-order valence-electron chi connectivity index (χ3n) is 6.60. The van der Waals surface area contributed by atoms with Crippen molar-refractivity contribution in [3.8, 4) is 5.75 Å². The first-order valence-electron chi connectivity index (χ1n) is 12.2. The van der Waals surface area contributed by atoms with Gasteiger partial charge in [-0.3, -0.25) is 14.3 Å². The van der Waals surface area contributed by atoms with Gasteiger partial charge < -0.3 is 25.4 Å². The van der Waals surface area contributed by atoms with Gasteiger partial charge in [0.25, 0.3) is 5.91 Å². The van der Waals surface area contributed by atoms with Gasteiger partial charge in [-0.25, -0.2) is 4.98 Å². The zero-order chi connectivity index (χ0) is 28.5. The average Bonchev–Trinajstić information content (AvgIpc) is 3.63. The van der Waals surface area contributed by atoms with Crippen molar-refractivity contribution in [3.05, 3.63) is 46.1 Å². The highest BCUT2D eigenvalue weighted by Crippen LogP contribution is 2.35. The molecule has 3 aromatic rings. The standard InChI is InChI=1S/C25H29F3N6O4S/c1-13-7-8-17(35)15(3)20(13)30-22(36)18-10-29-24(39-18)31-21-14(2)11-34(32-21)16(12-38-4)23(37)33-9-5-6-19(33)25(26,27)28/h7-8,10-11,16,19,35H,5-6,9,12H2,1-4H3,(H,30,36)(H,29,31,32)/t16-,19+/m0/s1. The number of phenols is 1. The van der Waals surface area contributed by atoms with Crippen LogP contribution in [0.3, 0.4) is 0 Å². The molecule has 2 atom stereocenters. The summed E-state index contributed by atoms with van der Waals surface area (Å²) in [6.07, 6.45) is -1.43. The molecule has 39 heavy (non-hydrogen) atoms. The Morgan fingerprint density at radius 1 is 1.26 bits per heavy atom. The highest BCUT2D eigenvalue weighted by molar-refractivity contribution is 7.17. The van der Waals surface area contributed by atoms with Crippen molar-refractivity contribution in [1.29, 1.82) is 0 Å². The van der Waals surface area contributed by atoms with Gasteiger partial charge in [0.15, 0.2) is 17.0 Å². The van der Waals surface area contributed by atoms with E-state index in [-0.39, 0.29) is 31.7 Å². The van der Waals surface area contributed by atoms with E-state index in [2.05, 4.69) is 20.7 Å². The van der Waals surface area contributed by atoms with Crippen molar-refractivity contribution in [2.75, 3.05) is 30.9 Å². The number of likely N-dealkylation sites (tertiary alicyclic amines) is 1. The Bertz CT molecular complexity index is 1370. The van der Waals surface area contributed by atoms with E-state index in [1.165, 1.54) is 18.0 Å². The van der Waals surface area contributed by atoms with Crippen molar-refractivity contribution >= 4 is 39.8 Å². The number of anilines is 3. The fourth-order valence-corrected chi connectivity index (χ4v) is 5.20. The van der Waals surface area contributed by atoms with E-state index in [9.17, 15) is 27.9 Å².